The van der Waals surface area contributed by atoms with Crippen LogP contribution in [0.2, 0.25) is 0 Å². The fraction of sp³-hybridized carbons (Fsp3) is 0.350. The lowest BCUT2D eigenvalue weighted by Gasteiger charge is -2.20. The molecule has 0 aliphatic carbocycles. The molecule has 154 valence electrons. The molecule has 1 fully saturated rings. The highest BCUT2D eigenvalue weighted by molar-refractivity contribution is 6.06. The van der Waals surface area contributed by atoms with E-state index in [9.17, 15) is 9.59 Å². The molecule has 1 aliphatic rings. The highest BCUT2D eigenvalue weighted by atomic mass is 16.5. The van der Waals surface area contributed by atoms with Gasteiger partial charge in [0.25, 0.3) is 11.8 Å². The predicted molar refractivity (Wildman–Crippen MR) is 108 cm³/mol. The Morgan fingerprint density at radius 3 is 2.41 bits per heavy atom. The van der Waals surface area contributed by atoms with Crippen molar-refractivity contribution in [2.75, 3.05) is 44.1 Å². The van der Waals surface area contributed by atoms with Crippen molar-refractivity contribution in [2.24, 2.45) is 5.73 Å². The maximum Gasteiger partial charge on any atom is 0.256 e. The van der Waals surface area contributed by atoms with Crippen LogP contribution < -0.4 is 30.2 Å². The summed E-state index contributed by atoms with van der Waals surface area (Å²) in [6.45, 7) is 1.48. The van der Waals surface area contributed by atoms with Crippen molar-refractivity contribution >= 4 is 23.3 Å². The molecule has 9 heteroatoms. The van der Waals surface area contributed by atoms with E-state index < -0.39 is 5.91 Å². The van der Waals surface area contributed by atoms with Crippen LogP contribution >= 0.6 is 0 Å². The Morgan fingerprint density at radius 1 is 1.17 bits per heavy atom. The molecule has 29 heavy (non-hydrogen) atoms. The average molecular weight is 400 g/mol. The molecule has 1 aliphatic heterocycles. The number of methoxy groups -OCH3 is 2. The first kappa shape index (κ1) is 20.2. The fourth-order valence-corrected chi connectivity index (χ4v) is 3.17. The number of ether oxygens (including phenoxy) is 3. The zero-order valence-corrected chi connectivity index (χ0v) is 16.4. The number of pyridine rings is 1. The molecule has 2 amide bonds. The summed E-state index contributed by atoms with van der Waals surface area (Å²) in [6, 6.07) is 6.62. The lowest BCUT2D eigenvalue weighted by molar-refractivity contribution is -0.120. The topological polar surface area (TPSA) is 116 Å². The quantitative estimate of drug-likeness (QED) is 0.694. The number of carbonyl (C=O) groups excluding carboxylic acids is 2. The second-order valence-electron chi connectivity index (χ2n) is 6.49. The third kappa shape index (κ3) is 4.68. The standard InChI is InChI=1S/C20H24N4O5/c1-27-15-10-13(11-16(28-2)18(15)29-12-17(21)25)20(26)23-14-6-5-7-22-19(14)24-8-3-4-9-24/h5-7,10-11H,3-4,8-9,12H2,1-2H3,(H2,21,25)(H,23,26). The number of nitrogens with one attached hydrogen (secondary N) is 1. The summed E-state index contributed by atoms with van der Waals surface area (Å²) in [5.74, 6) is 0.463. The molecule has 1 aromatic carbocycles. The number of rotatable bonds is 8. The van der Waals surface area contributed by atoms with Gasteiger partial charge >= 0.3 is 0 Å². The van der Waals surface area contributed by atoms with Crippen molar-refractivity contribution in [3.05, 3.63) is 36.0 Å². The smallest absolute Gasteiger partial charge is 0.256 e. The normalized spacial score (nSPS) is 13.1. The first-order valence-corrected chi connectivity index (χ1v) is 9.22. The summed E-state index contributed by atoms with van der Waals surface area (Å²) < 4.78 is 16.0. The average Bonchev–Trinajstić information content (AvgIpc) is 3.26. The summed E-state index contributed by atoms with van der Waals surface area (Å²) in [5.41, 5.74) is 6.07. The van der Waals surface area contributed by atoms with Crippen LogP contribution in [0, 0.1) is 0 Å². The van der Waals surface area contributed by atoms with Gasteiger partial charge in [0.15, 0.2) is 23.9 Å². The van der Waals surface area contributed by atoms with Gasteiger partial charge in [-0.25, -0.2) is 4.98 Å². The van der Waals surface area contributed by atoms with Gasteiger partial charge in [-0.2, -0.15) is 0 Å². The minimum atomic E-state index is -0.637. The minimum Gasteiger partial charge on any atom is -0.493 e. The molecule has 3 rings (SSSR count). The van der Waals surface area contributed by atoms with E-state index in [-0.39, 0.29) is 29.8 Å². The van der Waals surface area contributed by atoms with E-state index in [0.29, 0.717) is 11.3 Å². The van der Waals surface area contributed by atoms with Crippen molar-refractivity contribution < 1.29 is 23.8 Å². The molecule has 0 bridgehead atoms. The third-order valence-corrected chi connectivity index (χ3v) is 4.52. The Labute approximate surface area is 168 Å². The summed E-state index contributed by atoms with van der Waals surface area (Å²) in [6.07, 6.45) is 3.91. The van der Waals surface area contributed by atoms with E-state index in [2.05, 4.69) is 15.2 Å². The maximum absolute atomic E-state index is 12.9. The van der Waals surface area contributed by atoms with E-state index in [1.54, 1.807) is 12.3 Å². The number of hydrogen-bond acceptors (Lipinski definition) is 7. The van der Waals surface area contributed by atoms with Crippen molar-refractivity contribution in [3.63, 3.8) is 0 Å². The molecule has 0 saturated carbocycles. The second kappa shape index (κ2) is 9.13. The molecule has 0 radical (unpaired) electrons. The van der Waals surface area contributed by atoms with E-state index in [1.807, 2.05) is 6.07 Å². The number of amides is 2. The summed E-state index contributed by atoms with van der Waals surface area (Å²) in [4.78, 5) is 30.5. The number of primary amides is 1. The van der Waals surface area contributed by atoms with Crippen LogP contribution in [0.5, 0.6) is 17.2 Å². The molecule has 1 saturated heterocycles. The Morgan fingerprint density at radius 2 is 1.83 bits per heavy atom. The number of aromatic nitrogens is 1. The van der Waals surface area contributed by atoms with E-state index in [1.165, 1.54) is 26.4 Å². The Bertz CT molecular complexity index is 871. The molecule has 0 unspecified atom stereocenters. The van der Waals surface area contributed by atoms with Crippen LogP contribution in [0.3, 0.4) is 0 Å². The van der Waals surface area contributed by atoms with Gasteiger partial charge < -0.3 is 30.2 Å². The third-order valence-electron chi connectivity index (χ3n) is 4.52. The first-order chi connectivity index (χ1) is 14.0. The zero-order valence-electron chi connectivity index (χ0n) is 16.4. The van der Waals surface area contributed by atoms with Gasteiger partial charge in [0.05, 0.1) is 19.9 Å². The summed E-state index contributed by atoms with van der Waals surface area (Å²) >= 11 is 0. The molecule has 2 aromatic rings. The summed E-state index contributed by atoms with van der Waals surface area (Å²) in [7, 11) is 2.86. The minimum absolute atomic E-state index is 0.199. The van der Waals surface area contributed by atoms with Crippen molar-refractivity contribution in [1.29, 1.82) is 0 Å². The van der Waals surface area contributed by atoms with Crippen LogP contribution in [-0.4, -0.2) is 50.7 Å². The highest BCUT2D eigenvalue weighted by Gasteiger charge is 2.21. The Balaban J connectivity index is 1.87. The SMILES string of the molecule is COc1cc(C(=O)Nc2cccnc2N2CCCC2)cc(OC)c1OCC(N)=O. The molecular formula is C20H24N4O5. The lowest BCUT2D eigenvalue weighted by Crippen LogP contribution is -2.22. The van der Waals surface area contributed by atoms with Crippen LogP contribution in [0.4, 0.5) is 11.5 Å². The Hall–Kier alpha value is -3.49. The zero-order chi connectivity index (χ0) is 20.8. The largest absolute Gasteiger partial charge is 0.493 e. The molecule has 0 spiro atoms. The fourth-order valence-electron chi connectivity index (χ4n) is 3.17. The number of nitrogens with zero attached hydrogens (tertiary/aromatic N) is 2. The van der Waals surface area contributed by atoms with Gasteiger partial charge in [-0.15, -0.1) is 0 Å². The lowest BCUT2D eigenvalue weighted by atomic mass is 10.1. The van der Waals surface area contributed by atoms with Crippen LogP contribution in [-0.2, 0) is 4.79 Å². The van der Waals surface area contributed by atoms with E-state index in [0.717, 1.165) is 31.7 Å². The Kier molecular flexibility index (Phi) is 6.38. The molecule has 0 atom stereocenters. The van der Waals surface area contributed by atoms with Gasteiger partial charge in [0.1, 0.15) is 0 Å². The van der Waals surface area contributed by atoms with Crippen LogP contribution in [0.1, 0.15) is 23.2 Å². The number of anilines is 2. The number of hydrogen-bond donors (Lipinski definition) is 2. The number of carbonyl (C=O) groups is 2. The molecular weight excluding hydrogens is 376 g/mol. The number of benzene rings is 1. The van der Waals surface area contributed by atoms with Crippen molar-refractivity contribution in [3.8, 4) is 17.2 Å². The predicted octanol–water partition coefficient (Wildman–Crippen LogP) is 1.82. The molecule has 3 N–H and O–H groups in total. The van der Waals surface area contributed by atoms with Crippen molar-refractivity contribution in [1.82, 2.24) is 4.98 Å². The van der Waals surface area contributed by atoms with E-state index in [4.69, 9.17) is 19.9 Å². The molecule has 2 heterocycles. The second-order valence-corrected chi connectivity index (χ2v) is 6.49. The maximum atomic E-state index is 12.9. The van der Waals surface area contributed by atoms with Gasteiger partial charge in [0, 0.05) is 24.8 Å². The molecule has 9 nitrogen and oxygen atoms in total. The first-order valence-electron chi connectivity index (χ1n) is 9.22. The van der Waals surface area contributed by atoms with E-state index >= 15 is 0 Å². The van der Waals surface area contributed by atoms with Gasteiger partial charge in [-0.05, 0) is 37.1 Å². The van der Waals surface area contributed by atoms with Crippen LogP contribution in [0.15, 0.2) is 30.5 Å². The molecule has 1 aromatic heterocycles. The van der Waals surface area contributed by atoms with Gasteiger partial charge in [-0.1, -0.05) is 0 Å². The van der Waals surface area contributed by atoms with Gasteiger partial charge in [0.2, 0.25) is 5.75 Å². The van der Waals surface area contributed by atoms with Crippen molar-refractivity contribution in [2.45, 2.75) is 12.8 Å². The number of nitrogens with two attached hydrogens (primary N) is 1. The highest BCUT2D eigenvalue weighted by Crippen LogP contribution is 2.39. The monoisotopic (exact) mass is 400 g/mol. The summed E-state index contributed by atoms with van der Waals surface area (Å²) in [5, 5.41) is 2.91. The van der Waals surface area contributed by atoms with Gasteiger partial charge in [-0.3, -0.25) is 9.59 Å². The van der Waals surface area contributed by atoms with Crippen LogP contribution in [0.25, 0.3) is 0 Å².